The quantitative estimate of drug-likeness (QED) is 0.270. The average Bonchev–Trinajstić information content (AvgIpc) is 2.85. The summed E-state index contributed by atoms with van der Waals surface area (Å²) in [7, 11) is 5.73. The van der Waals surface area contributed by atoms with E-state index in [4.69, 9.17) is 9.47 Å². The van der Waals surface area contributed by atoms with Crippen molar-refractivity contribution < 1.29 is 27.4 Å². The van der Waals surface area contributed by atoms with E-state index < -0.39 is 6.36 Å². The Hall–Kier alpha value is -4.32. The molecule has 0 spiro atoms. The maximum absolute atomic E-state index is 12.6. The van der Waals surface area contributed by atoms with Gasteiger partial charge in [-0.3, -0.25) is 4.98 Å². The summed E-state index contributed by atoms with van der Waals surface area (Å²) in [5.41, 5.74) is 1.77. The minimum Gasteiger partial charge on any atom is -0.493 e. The summed E-state index contributed by atoms with van der Waals surface area (Å²) < 4.78 is 53.4. The lowest BCUT2D eigenvalue weighted by Gasteiger charge is -2.39. The standard InChI is InChI=1S/C27H27F3N6O3/c1-36(2)19-13-21(14-19)38-23-7-4-17(12-24(23)37-3)34-26-31-9-8-25(35-26)33-18-10-16-11-20(39-27(28,29)30)5-6-22(16)32-15-18/h4-12,15,19,21H,13-14H2,1-3H3,(H2,31,33,34,35). The number of benzene rings is 2. The maximum Gasteiger partial charge on any atom is 0.573 e. The zero-order valence-corrected chi connectivity index (χ0v) is 21.5. The molecule has 2 N–H and O–H groups in total. The van der Waals surface area contributed by atoms with E-state index in [0.29, 0.717) is 51.6 Å². The number of hydrogen-bond donors (Lipinski definition) is 2. The van der Waals surface area contributed by atoms with Crippen molar-refractivity contribution in [1.82, 2.24) is 19.9 Å². The van der Waals surface area contributed by atoms with E-state index in [1.807, 2.05) is 18.2 Å². The number of aromatic nitrogens is 3. The highest BCUT2D eigenvalue weighted by Crippen LogP contribution is 2.36. The van der Waals surface area contributed by atoms with Crippen LogP contribution in [-0.2, 0) is 0 Å². The average molecular weight is 541 g/mol. The van der Waals surface area contributed by atoms with Crippen molar-refractivity contribution in [1.29, 1.82) is 0 Å². The molecule has 5 rings (SSSR count). The maximum atomic E-state index is 12.6. The largest absolute Gasteiger partial charge is 0.573 e. The number of halogens is 3. The molecular formula is C27H27F3N6O3. The van der Waals surface area contributed by atoms with Crippen molar-refractivity contribution in [2.75, 3.05) is 31.8 Å². The monoisotopic (exact) mass is 540 g/mol. The molecule has 12 heteroatoms. The van der Waals surface area contributed by atoms with Gasteiger partial charge in [0.1, 0.15) is 17.7 Å². The van der Waals surface area contributed by atoms with Crippen LogP contribution >= 0.6 is 0 Å². The summed E-state index contributed by atoms with van der Waals surface area (Å²) in [6, 6.07) is 13.3. The van der Waals surface area contributed by atoms with Gasteiger partial charge in [0.2, 0.25) is 5.95 Å². The molecule has 0 atom stereocenters. The molecule has 2 aromatic carbocycles. The molecule has 204 valence electrons. The van der Waals surface area contributed by atoms with E-state index in [9.17, 15) is 13.2 Å². The summed E-state index contributed by atoms with van der Waals surface area (Å²) in [6.07, 6.45) is 0.468. The van der Waals surface area contributed by atoms with Crippen LogP contribution in [0.25, 0.3) is 10.9 Å². The van der Waals surface area contributed by atoms with Crippen molar-refractivity contribution in [2.24, 2.45) is 0 Å². The first-order valence-corrected chi connectivity index (χ1v) is 12.2. The van der Waals surface area contributed by atoms with Gasteiger partial charge < -0.3 is 29.7 Å². The fourth-order valence-electron chi connectivity index (χ4n) is 4.22. The normalized spacial score (nSPS) is 17.0. The number of rotatable bonds is 9. The highest BCUT2D eigenvalue weighted by molar-refractivity contribution is 5.83. The highest BCUT2D eigenvalue weighted by Gasteiger charge is 2.33. The fraction of sp³-hybridized carbons (Fsp3) is 0.296. The van der Waals surface area contributed by atoms with Gasteiger partial charge in [-0.15, -0.1) is 13.2 Å². The fourth-order valence-corrected chi connectivity index (χ4v) is 4.22. The molecular weight excluding hydrogens is 513 g/mol. The molecule has 4 aromatic rings. The number of nitrogens with one attached hydrogen (secondary N) is 2. The number of methoxy groups -OCH3 is 1. The lowest BCUT2D eigenvalue weighted by molar-refractivity contribution is -0.274. The van der Waals surface area contributed by atoms with Gasteiger partial charge in [-0.2, -0.15) is 4.98 Å². The van der Waals surface area contributed by atoms with E-state index in [1.165, 1.54) is 18.2 Å². The highest BCUT2D eigenvalue weighted by atomic mass is 19.4. The molecule has 39 heavy (non-hydrogen) atoms. The number of nitrogens with zero attached hydrogens (tertiary/aromatic N) is 4. The second-order valence-corrected chi connectivity index (χ2v) is 9.34. The molecule has 1 saturated carbocycles. The molecule has 1 fully saturated rings. The van der Waals surface area contributed by atoms with Crippen LogP contribution in [-0.4, -0.2) is 59.6 Å². The molecule has 0 saturated heterocycles. The Morgan fingerprint density at radius 3 is 2.49 bits per heavy atom. The topological polar surface area (TPSA) is 93.7 Å². The predicted octanol–water partition coefficient (Wildman–Crippen LogP) is 5.89. The Bertz CT molecular complexity index is 1460. The summed E-state index contributed by atoms with van der Waals surface area (Å²) in [5.74, 6) is 1.74. The predicted molar refractivity (Wildman–Crippen MR) is 141 cm³/mol. The van der Waals surface area contributed by atoms with Crippen LogP contribution in [0.5, 0.6) is 17.2 Å². The van der Waals surface area contributed by atoms with E-state index >= 15 is 0 Å². The van der Waals surface area contributed by atoms with Gasteiger partial charge in [0.25, 0.3) is 0 Å². The van der Waals surface area contributed by atoms with E-state index in [0.717, 1.165) is 12.8 Å². The Morgan fingerprint density at radius 1 is 0.923 bits per heavy atom. The lowest BCUT2D eigenvalue weighted by Crippen LogP contribution is -2.46. The van der Waals surface area contributed by atoms with E-state index in [1.54, 1.807) is 31.6 Å². The Morgan fingerprint density at radius 2 is 1.74 bits per heavy atom. The minimum atomic E-state index is -4.77. The van der Waals surface area contributed by atoms with Crippen molar-refractivity contribution in [3.05, 3.63) is 60.9 Å². The van der Waals surface area contributed by atoms with Gasteiger partial charge in [-0.1, -0.05) is 0 Å². The van der Waals surface area contributed by atoms with Crippen molar-refractivity contribution in [3.8, 4) is 17.2 Å². The van der Waals surface area contributed by atoms with E-state index in [2.05, 4.69) is 49.3 Å². The Balaban J connectivity index is 1.26. The molecule has 0 amide bonds. The third kappa shape index (κ3) is 6.58. The summed E-state index contributed by atoms with van der Waals surface area (Å²) >= 11 is 0. The molecule has 9 nitrogen and oxygen atoms in total. The summed E-state index contributed by atoms with van der Waals surface area (Å²) in [5, 5.41) is 6.73. The first kappa shape index (κ1) is 26.3. The zero-order valence-electron chi connectivity index (χ0n) is 21.5. The second kappa shape index (κ2) is 10.8. The molecule has 0 radical (unpaired) electrons. The SMILES string of the molecule is COc1cc(Nc2nccc(Nc3cnc4ccc(OC(F)(F)F)cc4c3)n2)ccc1OC1CC(N(C)C)C1. The molecule has 0 aliphatic heterocycles. The van der Waals surface area contributed by atoms with Crippen LogP contribution in [0.3, 0.4) is 0 Å². The number of pyridine rings is 1. The van der Waals surface area contributed by atoms with Crippen molar-refractivity contribution in [2.45, 2.75) is 31.3 Å². The smallest absolute Gasteiger partial charge is 0.493 e. The van der Waals surface area contributed by atoms with Gasteiger partial charge >= 0.3 is 6.36 Å². The summed E-state index contributed by atoms with van der Waals surface area (Å²) in [4.78, 5) is 15.2. The molecule has 0 bridgehead atoms. The van der Waals surface area contributed by atoms with Crippen LogP contribution in [0.15, 0.2) is 60.9 Å². The number of alkyl halides is 3. The van der Waals surface area contributed by atoms with Crippen LogP contribution in [0.2, 0.25) is 0 Å². The van der Waals surface area contributed by atoms with Crippen molar-refractivity contribution >= 4 is 34.0 Å². The van der Waals surface area contributed by atoms with Gasteiger partial charge in [0.15, 0.2) is 11.5 Å². The van der Waals surface area contributed by atoms with Crippen LogP contribution < -0.4 is 24.8 Å². The van der Waals surface area contributed by atoms with Gasteiger partial charge in [-0.05, 0) is 69.4 Å². The number of fused-ring (bicyclic) bond motifs is 1. The molecule has 1 aliphatic carbocycles. The van der Waals surface area contributed by atoms with Gasteiger partial charge in [0, 0.05) is 29.4 Å². The molecule has 2 aromatic heterocycles. The van der Waals surface area contributed by atoms with Gasteiger partial charge in [0.05, 0.1) is 24.5 Å². The first-order chi connectivity index (χ1) is 18.6. The number of anilines is 4. The summed E-state index contributed by atoms with van der Waals surface area (Å²) in [6.45, 7) is 0. The van der Waals surface area contributed by atoms with Crippen LogP contribution in [0.4, 0.5) is 36.3 Å². The number of hydrogen-bond acceptors (Lipinski definition) is 9. The van der Waals surface area contributed by atoms with E-state index in [-0.39, 0.29) is 11.9 Å². The Kier molecular flexibility index (Phi) is 7.29. The molecule has 0 unspecified atom stereocenters. The Labute approximate surface area is 222 Å². The second-order valence-electron chi connectivity index (χ2n) is 9.34. The molecule has 2 heterocycles. The number of ether oxygens (including phenoxy) is 3. The van der Waals surface area contributed by atoms with Crippen molar-refractivity contribution in [3.63, 3.8) is 0 Å². The lowest BCUT2D eigenvalue weighted by atomic mass is 9.88. The third-order valence-corrected chi connectivity index (χ3v) is 6.33. The minimum absolute atomic E-state index is 0.157. The molecule has 1 aliphatic rings. The third-order valence-electron chi connectivity index (χ3n) is 6.33. The first-order valence-electron chi connectivity index (χ1n) is 12.2. The zero-order chi connectivity index (χ0) is 27.6. The van der Waals surface area contributed by atoms with Gasteiger partial charge in [-0.25, -0.2) is 4.98 Å². The van der Waals surface area contributed by atoms with Crippen LogP contribution in [0.1, 0.15) is 12.8 Å². The van der Waals surface area contributed by atoms with Crippen LogP contribution in [0, 0.1) is 0 Å².